The molecule has 0 aliphatic heterocycles. The summed E-state index contributed by atoms with van der Waals surface area (Å²) in [4.78, 5) is 0. The van der Waals surface area contributed by atoms with Gasteiger partial charge in [-0.2, -0.15) is 0 Å². The van der Waals surface area contributed by atoms with E-state index < -0.39 is 0 Å². The monoisotopic (exact) mass is 403 g/mol. The van der Waals surface area contributed by atoms with E-state index in [0.717, 1.165) is 39.3 Å². The van der Waals surface area contributed by atoms with Crippen molar-refractivity contribution < 1.29 is 8.81 Å². The van der Waals surface area contributed by atoms with Gasteiger partial charge in [0, 0.05) is 5.56 Å². The van der Waals surface area contributed by atoms with Crippen molar-refractivity contribution in [2.75, 3.05) is 0 Å². The number of rotatable bonds is 4. The molecule has 0 atom stereocenters. The molecule has 0 radical (unpaired) electrons. The predicted molar refractivity (Wildman–Crippen MR) is 125 cm³/mol. The van der Waals surface area contributed by atoms with Gasteiger partial charge in [0.1, 0.15) is 5.82 Å². The van der Waals surface area contributed by atoms with E-state index in [1.807, 2.05) is 60.7 Å². The molecular formula is C29H20FO+. The Morgan fingerprint density at radius 1 is 0.387 bits per heavy atom. The molecule has 5 aromatic rings. The van der Waals surface area contributed by atoms with Crippen molar-refractivity contribution in [2.45, 2.75) is 0 Å². The van der Waals surface area contributed by atoms with Crippen molar-refractivity contribution >= 4 is 0 Å². The van der Waals surface area contributed by atoms with Crippen molar-refractivity contribution in [1.82, 2.24) is 0 Å². The molecule has 5 rings (SSSR count). The fourth-order valence-electron chi connectivity index (χ4n) is 3.66. The van der Waals surface area contributed by atoms with Crippen LogP contribution in [0, 0.1) is 5.82 Å². The second kappa shape index (κ2) is 8.37. The number of hydrogen-bond donors (Lipinski definition) is 0. The Kier molecular flexibility index (Phi) is 5.12. The third-order valence-electron chi connectivity index (χ3n) is 5.31. The Balaban J connectivity index is 1.60. The van der Waals surface area contributed by atoms with Crippen molar-refractivity contribution in [3.8, 4) is 44.9 Å². The maximum Gasteiger partial charge on any atom is 0.361 e. The molecule has 0 amide bonds. The minimum Gasteiger partial charge on any atom is -0.207 e. The molecule has 1 heterocycles. The summed E-state index contributed by atoms with van der Waals surface area (Å²) in [6.45, 7) is 0. The highest BCUT2D eigenvalue weighted by atomic mass is 19.1. The SMILES string of the molecule is Fc1ccc(-c2cc(-c3ccccc3)[o+]c(-c3ccc(-c4ccccc4)cc3)c2)cc1. The number of halogens is 1. The zero-order chi connectivity index (χ0) is 21.0. The third-order valence-corrected chi connectivity index (χ3v) is 5.31. The van der Waals surface area contributed by atoms with Gasteiger partial charge in [-0.1, -0.05) is 72.8 Å². The topological polar surface area (TPSA) is 11.3 Å². The lowest BCUT2D eigenvalue weighted by atomic mass is 10.00. The van der Waals surface area contributed by atoms with Crippen LogP contribution in [0.25, 0.3) is 44.9 Å². The first-order valence-corrected chi connectivity index (χ1v) is 10.2. The molecule has 0 saturated heterocycles. The summed E-state index contributed by atoms with van der Waals surface area (Å²) in [5, 5.41) is 0. The van der Waals surface area contributed by atoms with Gasteiger partial charge >= 0.3 is 11.5 Å². The van der Waals surface area contributed by atoms with E-state index >= 15 is 0 Å². The highest BCUT2D eigenvalue weighted by Crippen LogP contribution is 2.33. The second-order valence-corrected chi connectivity index (χ2v) is 7.39. The Labute approximate surface area is 181 Å². The highest BCUT2D eigenvalue weighted by Gasteiger charge is 2.20. The predicted octanol–water partition coefficient (Wildman–Crippen LogP) is 8.37. The van der Waals surface area contributed by atoms with E-state index in [1.165, 1.54) is 17.7 Å². The number of hydrogen-bond acceptors (Lipinski definition) is 0. The molecule has 0 spiro atoms. The standard InChI is InChI=1S/C29H20FO/c30-27-17-15-23(16-18-27)26-19-28(24-9-5-2-6-10-24)31-29(20-26)25-13-11-22(12-14-25)21-7-3-1-4-8-21/h1-20H/q+1. The second-order valence-electron chi connectivity index (χ2n) is 7.39. The van der Waals surface area contributed by atoms with Crippen molar-refractivity contribution in [1.29, 1.82) is 0 Å². The van der Waals surface area contributed by atoms with Gasteiger partial charge in [0.05, 0.1) is 23.3 Å². The molecule has 0 N–H and O–H groups in total. The molecule has 0 fully saturated rings. The van der Waals surface area contributed by atoms with Crippen molar-refractivity contribution in [2.24, 2.45) is 0 Å². The molecule has 4 aromatic carbocycles. The van der Waals surface area contributed by atoms with Crippen LogP contribution < -0.4 is 0 Å². The first-order chi connectivity index (χ1) is 15.3. The molecule has 148 valence electrons. The van der Waals surface area contributed by atoms with Crippen LogP contribution in [-0.2, 0) is 0 Å². The van der Waals surface area contributed by atoms with E-state index in [-0.39, 0.29) is 5.82 Å². The fraction of sp³-hybridized carbons (Fsp3) is 0. The summed E-state index contributed by atoms with van der Waals surface area (Å²) >= 11 is 0. The molecule has 0 aliphatic carbocycles. The maximum atomic E-state index is 13.5. The Morgan fingerprint density at radius 2 is 0.774 bits per heavy atom. The average Bonchev–Trinajstić information content (AvgIpc) is 2.85. The van der Waals surface area contributed by atoms with Gasteiger partial charge in [0.15, 0.2) is 0 Å². The summed E-state index contributed by atoms with van der Waals surface area (Å²) in [5.41, 5.74) is 6.23. The van der Waals surface area contributed by atoms with Crippen LogP contribution in [0.3, 0.4) is 0 Å². The first kappa shape index (κ1) is 19.0. The normalized spacial score (nSPS) is 10.7. The molecular weight excluding hydrogens is 383 g/mol. The molecule has 1 nitrogen and oxygen atoms in total. The van der Waals surface area contributed by atoms with Gasteiger partial charge in [-0.3, -0.25) is 0 Å². The summed E-state index contributed by atoms with van der Waals surface area (Å²) in [6, 6.07) is 39.2. The minimum absolute atomic E-state index is 0.246. The summed E-state index contributed by atoms with van der Waals surface area (Å²) < 4.78 is 19.8. The summed E-state index contributed by atoms with van der Waals surface area (Å²) in [7, 11) is 0. The van der Waals surface area contributed by atoms with Crippen LogP contribution in [0.5, 0.6) is 0 Å². The minimum atomic E-state index is -0.246. The molecule has 0 aliphatic rings. The van der Waals surface area contributed by atoms with Gasteiger partial charge in [-0.25, -0.2) is 8.81 Å². The summed E-state index contributed by atoms with van der Waals surface area (Å²) in [6.07, 6.45) is 0. The molecule has 0 unspecified atom stereocenters. The van der Waals surface area contributed by atoms with Gasteiger partial charge in [-0.05, 0) is 53.1 Å². The largest absolute Gasteiger partial charge is 0.361 e. The van der Waals surface area contributed by atoms with Crippen molar-refractivity contribution in [3.63, 3.8) is 0 Å². The van der Waals surface area contributed by atoms with Gasteiger partial charge in [0.25, 0.3) is 0 Å². The first-order valence-electron chi connectivity index (χ1n) is 10.2. The average molecular weight is 403 g/mol. The Morgan fingerprint density at radius 3 is 1.35 bits per heavy atom. The van der Waals surface area contributed by atoms with Crippen LogP contribution in [0.4, 0.5) is 4.39 Å². The molecule has 0 bridgehead atoms. The van der Waals surface area contributed by atoms with E-state index in [0.29, 0.717) is 0 Å². The maximum absolute atomic E-state index is 13.5. The number of benzene rings is 4. The Bertz CT molecular complexity index is 1290. The molecule has 31 heavy (non-hydrogen) atoms. The van der Waals surface area contributed by atoms with E-state index in [1.54, 1.807) is 12.1 Å². The lowest BCUT2D eigenvalue weighted by Gasteiger charge is -2.04. The lowest BCUT2D eigenvalue weighted by Crippen LogP contribution is -1.87. The van der Waals surface area contributed by atoms with Crippen LogP contribution >= 0.6 is 0 Å². The van der Waals surface area contributed by atoms with E-state index in [2.05, 4.69) is 36.4 Å². The highest BCUT2D eigenvalue weighted by molar-refractivity contribution is 5.75. The van der Waals surface area contributed by atoms with Gasteiger partial charge < -0.3 is 0 Å². The fourth-order valence-corrected chi connectivity index (χ4v) is 3.66. The molecule has 0 saturated carbocycles. The van der Waals surface area contributed by atoms with Crippen LogP contribution in [0.1, 0.15) is 0 Å². The Hall–Kier alpha value is -4.04. The summed E-state index contributed by atoms with van der Waals surface area (Å²) in [5.74, 6) is 1.29. The van der Waals surface area contributed by atoms with Crippen LogP contribution in [0.2, 0.25) is 0 Å². The van der Waals surface area contributed by atoms with E-state index in [9.17, 15) is 4.39 Å². The molecule has 1 aromatic heterocycles. The zero-order valence-electron chi connectivity index (χ0n) is 16.8. The van der Waals surface area contributed by atoms with Crippen LogP contribution in [0.15, 0.2) is 126 Å². The van der Waals surface area contributed by atoms with E-state index in [4.69, 9.17) is 4.42 Å². The quantitative estimate of drug-likeness (QED) is 0.274. The van der Waals surface area contributed by atoms with Crippen molar-refractivity contribution in [3.05, 3.63) is 127 Å². The van der Waals surface area contributed by atoms with Crippen LogP contribution in [-0.4, -0.2) is 0 Å². The van der Waals surface area contributed by atoms with Gasteiger partial charge in [-0.15, -0.1) is 0 Å². The zero-order valence-corrected chi connectivity index (χ0v) is 16.8. The molecule has 2 heteroatoms. The third kappa shape index (κ3) is 4.15. The lowest BCUT2D eigenvalue weighted by molar-refractivity contribution is 0.582. The van der Waals surface area contributed by atoms with Gasteiger partial charge in [0.2, 0.25) is 0 Å². The smallest absolute Gasteiger partial charge is 0.207 e.